The number of carbonyl (C=O) groups is 2. The van der Waals surface area contributed by atoms with Crippen molar-refractivity contribution in [3.63, 3.8) is 0 Å². The molecule has 3 aromatic carbocycles. The van der Waals surface area contributed by atoms with E-state index in [1.807, 2.05) is 0 Å². The number of nitrogens with one attached hydrogen (secondary N) is 1. The predicted molar refractivity (Wildman–Crippen MR) is 99.4 cm³/mol. The van der Waals surface area contributed by atoms with Crippen LogP contribution in [0.15, 0.2) is 60.7 Å². The van der Waals surface area contributed by atoms with Crippen molar-refractivity contribution in [2.75, 3.05) is 11.1 Å². The molecular weight excluding hydrogens is 332 g/mol. The molecule has 0 aliphatic heterocycles. The van der Waals surface area contributed by atoms with Gasteiger partial charge in [-0.25, -0.2) is 0 Å². The Labute approximate surface area is 149 Å². The SMILES string of the molecule is Nc1ccc(-c2ccc(NC(=O)c3ccc(C=O)cc3)c(O)c2)cc1O. The molecule has 26 heavy (non-hydrogen) atoms. The molecule has 0 aromatic heterocycles. The second kappa shape index (κ2) is 6.98. The van der Waals surface area contributed by atoms with E-state index in [0.717, 1.165) is 0 Å². The molecule has 6 heteroatoms. The first kappa shape index (κ1) is 17.0. The Morgan fingerprint density at radius 1 is 0.885 bits per heavy atom. The molecule has 0 saturated carbocycles. The van der Waals surface area contributed by atoms with E-state index < -0.39 is 5.91 Å². The van der Waals surface area contributed by atoms with Gasteiger partial charge in [0.2, 0.25) is 0 Å². The van der Waals surface area contributed by atoms with Crippen LogP contribution in [0.25, 0.3) is 11.1 Å². The van der Waals surface area contributed by atoms with Gasteiger partial charge >= 0.3 is 0 Å². The van der Waals surface area contributed by atoms with Crippen molar-refractivity contribution < 1.29 is 19.8 Å². The maximum atomic E-state index is 12.2. The molecule has 1 amide bonds. The van der Waals surface area contributed by atoms with E-state index >= 15 is 0 Å². The van der Waals surface area contributed by atoms with Gasteiger partial charge in [0.25, 0.3) is 5.91 Å². The molecule has 0 spiro atoms. The lowest BCUT2D eigenvalue weighted by Gasteiger charge is -2.10. The van der Waals surface area contributed by atoms with Gasteiger partial charge in [-0.15, -0.1) is 0 Å². The first-order valence-corrected chi connectivity index (χ1v) is 7.76. The van der Waals surface area contributed by atoms with Crippen LogP contribution in [0.5, 0.6) is 11.5 Å². The number of nitrogen functional groups attached to an aromatic ring is 1. The number of amides is 1. The van der Waals surface area contributed by atoms with Gasteiger partial charge in [-0.2, -0.15) is 0 Å². The molecule has 0 saturated heterocycles. The number of hydrogen-bond acceptors (Lipinski definition) is 5. The minimum Gasteiger partial charge on any atom is -0.506 e. The molecular formula is C20H16N2O4. The van der Waals surface area contributed by atoms with Crippen LogP contribution in [0.2, 0.25) is 0 Å². The lowest BCUT2D eigenvalue weighted by Crippen LogP contribution is -2.12. The number of anilines is 2. The Kier molecular flexibility index (Phi) is 4.57. The van der Waals surface area contributed by atoms with Crippen molar-refractivity contribution >= 4 is 23.6 Å². The predicted octanol–water partition coefficient (Wildman–Crippen LogP) is 3.41. The fourth-order valence-electron chi connectivity index (χ4n) is 2.45. The van der Waals surface area contributed by atoms with Crippen molar-refractivity contribution in [2.24, 2.45) is 0 Å². The summed E-state index contributed by atoms with van der Waals surface area (Å²) in [6, 6.07) is 15.7. The third-order valence-corrected chi connectivity index (χ3v) is 3.92. The number of rotatable bonds is 4. The summed E-state index contributed by atoms with van der Waals surface area (Å²) in [5, 5.41) is 22.5. The number of hydrogen-bond donors (Lipinski definition) is 4. The van der Waals surface area contributed by atoms with Crippen LogP contribution in [0.4, 0.5) is 11.4 Å². The summed E-state index contributed by atoms with van der Waals surface area (Å²) in [6.45, 7) is 0. The average Bonchev–Trinajstić information content (AvgIpc) is 2.65. The van der Waals surface area contributed by atoms with Crippen LogP contribution in [0, 0.1) is 0 Å². The Morgan fingerprint density at radius 3 is 2.08 bits per heavy atom. The Bertz CT molecular complexity index is 982. The zero-order valence-electron chi connectivity index (χ0n) is 13.6. The fraction of sp³-hybridized carbons (Fsp3) is 0. The molecule has 130 valence electrons. The van der Waals surface area contributed by atoms with Gasteiger partial charge in [-0.1, -0.05) is 24.3 Å². The third-order valence-electron chi connectivity index (χ3n) is 3.92. The summed E-state index contributed by atoms with van der Waals surface area (Å²) < 4.78 is 0. The average molecular weight is 348 g/mol. The van der Waals surface area contributed by atoms with Gasteiger partial charge < -0.3 is 21.3 Å². The molecule has 0 heterocycles. The second-order valence-corrected chi connectivity index (χ2v) is 5.70. The summed E-state index contributed by atoms with van der Waals surface area (Å²) in [4.78, 5) is 22.9. The standard InChI is InChI=1S/C20H16N2O4/c21-16-7-5-14(9-18(16)24)15-6-8-17(19(25)10-15)22-20(26)13-3-1-12(11-23)2-4-13/h1-11,24-25H,21H2,(H,22,26). The summed E-state index contributed by atoms with van der Waals surface area (Å²) in [7, 11) is 0. The van der Waals surface area contributed by atoms with E-state index in [4.69, 9.17) is 5.73 Å². The van der Waals surface area contributed by atoms with Crippen molar-refractivity contribution in [1.29, 1.82) is 0 Å². The number of phenols is 2. The minimum atomic E-state index is -0.407. The monoisotopic (exact) mass is 348 g/mol. The number of nitrogens with two attached hydrogens (primary N) is 1. The summed E-state index contributed by atoms with van der Waals surface area (Å²) >= 11 is 0. The van der Waals surface area contributed by atoms with Crippen molar-refractivity contribution in [3.05, 3.63) is 71.8 Å². The van der Waals surface area contributed by atoms with E-state index in [1.54, 1.807) is 36.4 Å². The number of aldehydes is 1. The molecule has 0 aliphatic rings. The maximum absolute atomic E-state index is 12.2. The van der Waals surface area contributed by atoms with Gasteiger partial charge in [0.1, 0.15) is 17.8 Å². The van der Waals surface area contributed by atoms with Gasteiger partial charge in [-0.3, -0.25) is 9.59 Å². The van der Waals surface area contributed by atoms with E-state index in [1.165, 1.54) is 24.3 Å². The summed E-state index contributed by atoms with van der Waals surface area (Å²) in [5.41, 5.74) is 8.27. The maximum Gasteiger partial charge on any atom is 0.255 e. The van der Waals surface area contributed by atoms with E-state index in [-0.39, 0.29) is 22.9 Å². The fourth-order valence-corrected chi connectivity index (χ4v) is 2.45. The summed E-state index contributed by atoms with van der Waals surface area (Å²) in [6.07, 6.45) is 0.696. The Balaban J connectivity index is 1.81. The number of phenolic OH excluding ortho intramolecular Hbond substituents is 2. The Morgan fingerprint density at radius 2 is 1.50 bits per heavy atom. The first-order chi connectivity index (χ1) is 12.5. The number of benzene rings is 3. The van der Waals surface area contributed by atoms with Crippen molar-refractivity contribution in [2.45, 2.75) is 0 Å². The largest absolute Gasteiger partial charge is 0.506 e. The van der Waals surface area contributed by atoms with E-state index in [0.29, 0.717) is 28.5 Å². The zero-order valence-corrected chi connectivity index (χ0v) is 13.6. The first-order valence-electron chi connectivity index (χ1n) is 7.76. The molecule has 5 N–H and O–H groups in total. The Hall–Kier alpha value is -3.80. The molecule has 0 unspecified atom stereocenters. The lowest BCUT2D eigenvalue weighted by atomic mass is 10.0. The molecule has 0 bridgehead atoms. The second-order valence-electron chi connectivity index (χ2n) is 5.70. The van der Waals surface area contributed by atoms with Crippen molar-refractivity contribution in [3.8, 4) is 22.6 Å². The van der Waals surface area contributed by atoms with E-state index in [9.17, 15) is 19.8 Å². The minimum absolute atomic E-state index is 0.0434. The smallest absolute Gasteiger partial charge is 0.255 e. The van der Waals surface area contributed by atoms with E-state index in [2.05, 4.69) is 5.32 Å². The lowest BCUT2D eigenvalue weighted by molar-refractivity contribution is 0.102. The summed E-state index contributed by atoms with van der Waals surface area (Å²) in [5.74, 6) is -0.564. The van der Waals surface area contributed by atoms with Gasteiger partial charge in [0, 0.05) is 11.1 Å². The van der Waals surface area contributed by atoms with Gasteiger partial charge in [-0.05, 0) is 47.5 Å². The molecule has 0 radical (unpaired) electrons. The molecule has 6 nitrogen and oxygen atoms in total. The highest BCUT2D eigenvalue weighted by molar-refractivity contribution is 6.05. The van der Waals surface area contributed by atoms with Crippen LogP contribution in [0.3, 0.4) is 0 Å². The molecule has 0 aliphatic carbocycles. The topological polar surface area (TPSA) is 113 Å². The van der Waals surface area contributed by atoms with Crippen LogP contribution >= 0.6 is 0 Å². The molecule has 3 rings (SSSR count). The normalized spacial score (nSPS) is 10.3. The van der Waals surface area contributed by atoms with Crippen LogP contribution in [-0.2, 0) is 0 Å². The molecule has 0 atom stereocenters. The van der Waals surface area contributed by atoms with Gasteiger partial charge in [0.05, 0.1) is 11.4 Å². The number of aromatic hydroxyl groups is 2. The zero-order chi connectivity index (χ0) is 18.7. The molecule has 0 fully saturated rings. The molecule has 3 aromatic rings. The third kappa shape index (κ3) is 3.49. The quantitative estimate of drug-likeness (QED) is 0.328. The highest BCUT2D eigenvalue weighted by Gasteiger charge is 2.11. The van der Waals surface area contributed by atoms with Crippen LogP contribution in [-0.4, -0.2) is 22.4 Å². The van der Waals surface area contributed by atoms with Gasteiger partial charge in [0.15, 0.2) is 0 Å². The highest BCUT2D eigenvalue weighted by atomic mass is 16.3. The number of carbonyl (C=O) groups excluding carboxylic acids is 2. The highest BCUT2D eigenvalue weighted by Crippen LogP contribution is 2.33. The van der Waals surface area contributed by atoms with Crippen LogP contribution < -0.4 is 11.1 Å². The van der Waals surface area contributed by atoms with Crippen molar-refractivity contribution in [1.82, 2.24) is 0 Å². The van der Waals surface area contributed by atoms with Crippen LogP contribution in [0.1, 0.15) is 20.7 Å².